The number of halogens is 1. The standard InChI is InChI=1S/C20H34N4O.HI/c1-4-25-19-11-7-6-10-18(19)15-23-20(21-3)22-14-17(2)16-24-12-8-5-9-13-24;/h6-7,10-11,17H,4-5,8-9,12-16H2,1-3H3,(H2,21,22,23);1H. The Morgan fingerprint density at radius 3 is 2.62 bits per heavy atom. The first kappa shape index (κ1) is 23.0. The number of piperidine rings is 1. The van der Waals surface area contributed by atoms with Crippen LogP contribution in [-0.2, 0) is 6.54 Å². The van der Waals surface area contributed by atoms with E-state index in [4.69, 9.17) is 4.74 Å². The largest absolute Gasteiger partial charge is 0.494 e. The number of nitrogens with zero attached hydrogens (tertiary/aromatic N) is 2. The summed E-state index contributed by atoms with van der Waals surface area (Å²) < 4.78 is 5.68. The maximum absolute atomic E-state index is 5.68. The van der Waals surface area contributed by atoms with E-state index in [1.165, 1.54) is 32.4 Å². The highest BCUT2D eigenvalue weighted by Gasteiger charge is 2.13. The SMILES string of the molecule is CCOc1ccccc1CNC(=NC)NCC(C)CN1CCCCC1.I. The molecule has 0 saturated carbocycles. The minimum absolute atomic E-state index is 0. The summed E-state index contributed by atoms with van der Waals surface area (Å²) in [4.78, 5) is 6.93. The number of para-hydroxylation sites is 1. The number of ether oxygens (including phenoxy) is 1. The first-order valence-electron chi connectivity index (χ1n) is 9.60. The average Bonchev–Trinajstić information content (AvgIpc) is 2.64. The highest BCUT2D eigenvalue weighted by molar-refractivity contribution is 14.0. The third-order valence-corrected chi connectivity index (χ3v) is 4.58. The zero-order valence-electron chi connectivity index (χ0n) is 16.5. The fourth-order valence-electron chi connectivity index (χ4n) is 3.26. The molecule has 1 aromatic rings. The molecule has 1 aliphatic rings. The van der Waals surface area contributed by atoms with Gasteiger partial charge in [-0.05, 0) is 44.8 Å². The number of aliphatic imine (C=N–C) groups is 1. The van der Waals surface area contributed by atoms with Crippen LogP contribution in [0.4, 0.5) is 0 Å². The zero-order chi connectivity index (χ0) is 17.9. The molecular weight excluding hydrogens is 439 g/mol. The molecule has 0 radical (unpaired) electrons. The first-order chi connectivity index (χ1) is 12.2. The van der Waals surface area contributed by atoms with Gasteiger partial charge in [0.25, 0.3) is 0 Å². The summed E-state index contributed by atoms with van der Waals surface area (Å²) >= 11 is 0. The molecule has 1 fully saturated rings. The fourth-order valence-corrected chi connectivity index (χ4v) is 3.26. The van der Waals surface area contributed by atoms with E-state index in [0.717, 1.165) is 30.4 Å². The van der Waals surface area contributed by atoms with Crippen molar-refractivity contribution < 1.29 is 4.74 Å². The maximum atomic E-state index is 5.68. The van der Waals surface area contributed by atoms with Crippen LogP contribution in [0.5, 0.6) is 5.75 Å². The number of benzene rings is 1. The Labute approximate surface area is 176 Å². The van der Waals surface area contributed by atoms with E-state index in [-0.39, 0.29) is 24.0 Å². The van der Waals surface area contributed by atoms with Crippen molar-refractivity contribution in [1.82, 2.24) is 15.5 Å². The van der Waals surface area contributed by atoms with Crippen LogP contribution in [0.25, 0.3) is 0 Å². The van der Waals surface area contributed by atoms with Gasteiger partial charge >= 0.3 is 0 Å². The molecule has 0 amide bonds. The van der Waals surface area contributed by atoms with Crippen molar-refractivity contribution >= 4 is 29.9 Å². The lowest BCUT2D eigenvalue weighted by molar-refractivity contribution is 0.201. The summed E-state index contributed by atoms with van der Waals surface area (Å²) in [6, 6.07) is 8.14. The van der Waals surface area contributed by atoms with Crippen LogP contribution in [0.15, 0.2) is 29.3 Å². The summed E-state index contributed by atoms with van der Waals surface area (Å²) in [5, 5.41) is 6.84. The second-order valence-corrected chi connectivity index (χ2v) is 6.81. The Kier molecular flexibility index (Phi) is 11.7. The molecule has 5 nitrogen and oxygen atoms in total. The van der Waals surface area contributed by atoms with Gasteiger partial charge in [-0.3, -0.25) is 4.99 Å². The van der Waals surface area contributed by atoms with Gasteiger partial charge < -0.3 is 20.3 Å². The molecule has 0 aliphatic carbocycles. The van der Waals surface area contributed by atoms with E-state index >= 15 is 0 Å². The minimum Gasteiger partial charge on any atom is -0.494 e. The number of likely N-dealkylation sites (tertiary alicyclic amines) is 1. The van der Waals surface area contributed by atoms with Crippen molar-refractivity contribution in [3.8, 4) is 5.75 Å². The van der Waals surface area contributed by atoms with Crippen LogP contribution in [0.2, 0.25) is 0 Å². The fraction of sp³-hybridized carbons (Fsp3) is 0.650. The van der Waals surface area contributed by atoms with Crippen LogP contribution < -0.4 is 15.4 Å². The highest BCUT2D eigenvalue weighted by Crippen LogP contribution is 2.17. The minimum atomic E-state index is 0. The average molecular weight is 474 g/mol. The molecule has 0 aromatic heterocycles. The summed E-state index contributed by atoms with van der Waals surface area (Å²) in [6.45, 7) is 10.3. The Balaban J connectivity index is 0.00000338. The second-order valence-electron chi connectivity index (χ2n) is 6.81. The van der Waals surface area contributed by atoms with Gasteiger partial charge in [0.05, 0.1) is 6.61 Å². The van der Waals surface area contributed by atoms with E-state index in [0.29, 0.717) is 19.1 Å². The van der Waals surface area contributed by atoms with E-state index in [2.05, 4.69) is 33.5 Å². The lowest BCUT2D eigenvalue weighted by atomic mass is 10.1. The quantitative estimate of drug-likeness (QED) is 0.344. The van der Waals surface area contributed by atoms with Gasteiger partial charge in [-0.1, -0.05) is 31.5 Å². The van der Waals surface area contributed by atoms with Gasteiger partial charge in [-0.2, -0.15) is 0 Å². The number of rotatable bonds is 8. The van der Waals surface area contributed by atoms with Gasteiger partial charge in [0.2, 0.25) is 0 Å². The predicted molar refractivity (Wildman–Crippen MR) is 121 cm³/mol. The summed E-state index contributed by atoms with van der Waals surface area (Å²) in [7, 11) is 1.82. The molecule has 26 heavy (non-hydrogen) atoms. The van der Waals surface area contributed by atoms with Crippen molar-refractivity contribution in [3.63, 3.8) is 0 Å². The summed E-state index contributed by atoms with van der Waals surface area (Å²) in [5.74, 6) is 2.38. The van der Waals surface area contributed by atoms with Gasteiger partial charge in [0, 0.05) is 32.2 Å². The molecule has 148 valence electrons. The van der Waals surface area contributed by atoms with Gasteiger partial charge in [-0.15, -0.1) is 24.0 Å². The van der Waals surface area contributed by atoms with Crippen molar-refractivity contribution in [2.45, 2.75) is 39.7 Å². The molecule has 0 bridgehead atoms. The number of guanidine groups is 1. The van der Waals surface area contributed by atoms with Gasteiger partial charge in [0.15, 0.2) is 5.96 Å². The van der Waals surface area contributed by atoms with Crippen LogP contribution in [0, 0.1) is 5.92 Å². The van der Waals surface area contributed by atoms with Crippen LogP contribution in [0.1, 0.15) is 38.7 Å². The third kappa shape index (κ3) is 8.12. The zero-order valence-corrected chi connectivity index (χ0v) is 18.8. The van der Waals surface area contributed by atoms with Crippen molar-refractivity contribution in [2.24, 2.45) is 10.9 Å². The molecule has 6 heteroatoms. The number of nitrogens with one attached hydrogen (secondary N) is 2. The van der Waals surface area contributed by atoms with Crippen molar-refractivity contribution in [3.05, 3.63) is 29.8 Å². The van der Waals surface area contributed by atoms with E-state index in [1.807, 2.05) is 32.2 Å². The Morgan fingerprint density at radius 1 is 1.19 bits per heavy atom. The van der Waals surface area contributed by atoms with Crippen molar-refractivity contribution in [1.29, 1.82) is 0 Å². The van der Waals surface area contributed by atoms with E-state index in [9.17, 15) is 0 Å². The summed E-state index contributed by atoms with van der Waals surface area (Å²) in [5.41, 5.74) is 1.15. The van der Waals surface area contributed by atoms with E-state index < -0.39 is 0 Å². The Hall–Kier alpha value is -1.02. The molecule has 1 unspecified atom stereocenters. The molecule has 1 aliphatic heterocycles. The van der Waals surface area contributed by atoms with Crippen LogP contribution >= 0.6 is 24.0 Å². The molecule has 1 saturated heterocycles. The molecule has 0 spiro atoms. The maximum Gasteiger partial charge on any atom is 0.191 e. The lowest BCUT2D eigenvalue weighted by Gasteiger charge is -2.29. The Morgan fingerprint density at radius 2 is 1.92 bits per heavy atom. The molecule has 1 atom stereocenters. The topological polar surface area (TPSA) is 48.9 Å². The molecule has 2 N–H and O–H groups in total. The predicted octanol–water partition coefficient (Wildman–Crippen LogP) is 3.49. The number of hydrogen-bond acceptors (Lipinski definition) is 3. The third-order valence-electron chi connectivity index (χ3n) is 4.58. The number of hydrogen-bond donors (Lipinski definition) is 2. The molecule has 2 rings (SSSR count). The lowest BCUT2D eigenvalue weighted by Crippen LogP contribution is -2.42. The molecule has 1 heterocycles. The smallest absolute Gasteiger partial charge is 0.191 e. The van der Waals surface area contributed by atoms with Crippen LogP contribution in [0.3, 0.4) is 0 Å². The second kappa shape index (κ2) is 13.2. The summed E-state index contributed by atoms with van der Waals surface area (Å²) in [6.07, 6.45) is 4.09. The first-order valence-corrected chi connectivity index (χ1v) is 9.60. The molecular formula is C20H35IN4O. The van der Waals surface area contributed by atoms with Crippen molar-refractivity contribution in [2.75, 3.05) is 39.8 Å². The highest BCUT2D eigenvalue weighted by atomic mass is 127. The molecule has 1 aromatic carbocycles. The van der Waals surface area contributed by atoms with E-state index in [1.54, 1.807) is 0 Å². The van der Waals surface area contributed by atoms with Gasteiger partial charge in [-0.25, -0.2) is 0 Å². The van der Waals surface area contributed by atoms with Crippen LogP contribution in [-0.4, -0.2) is 50.7 Å². The monoisotopic (exact) mass is 474 g/mol. The Bertz CT molecular complexity index is 532. The normalized spacial score (nSPS) is 16.5. The van der Waals surface area contributed by atoms with Gasteiger partial charge in [0.1, 0.15) is 5.75 Å².